The highest BCUT2D eigenvalue weighted by atomic mass is 16.5. The van der Waals surface area contributed by atoms with Gasteiger partial charge >= 0.3 is 0 Å². The quantitative estimate of drug-likeness (QED) is 0.781. The summed E-state index contributed by atoms with van der Waals surface area (Å²) >= 11 is 0. The van der Waals surface area contributed by atoms with E-state index in [1.54, 1.807) is 24.3 Å². The van der Waals surface area contributed by atoms with Crippen molar-refractivity contribution in [2.24, 2.45) is 5.73 Å². The van der Waals surface area contributed by atoms with Crippen molar-refractivity contribution in [3.8, 4) is 22.8 Å². The van der Waals surface area contributed by atoms with E-state index < -0.39 is 5.91 Å². The van der Waals surface area contributed by atoms with Crippen LogP contribution >= 0.6 is 0 Å². The molecule has 2 N–H and O–H groups in total. The second kappa shape index (κ2) is 6.16. The van der Waals surface area contributed by atoms with Crippen LogP contribution in [0.5, 0.6) is 0 Å². The van der Waals surface area contributed by atoms with Crippen LogP contribution in [-0.2, 0) is 5.41 Å². The van der Waals surface area contributed by atoms with Gasteiger partial charge in [-0.05, 0) is 53.8 Å². The van der Waals surface area contributed by atoms with Gasteiger partial charge < -0.3 is 10.3 Å². The summed E-state index contributed by atoms with van der Waals surface area (Å²) < 4.78 is 5.38. The maximum Gasteiger partial charge on any atom is 0.258 e. The molecule has 1 amide bonds. The number of aromatic nitrogens is 2. The highest BCUT2D eigenvalue weighted by molar-refractivity contribution is 5.93. The topological polar surface area (TPSA) is 82.0 Å². The van der Waals surface area contributed by atoms with Crippen LogP contribution in [0.3, 0.4) is 0 Å². The van der Waals surface area contributed by atoms with Gasteiger partial charge in [-0.1, -0.05) is 38.1 Å². The lowest BCUT2D eigenvalue weighted by molar-refractivity contribution is 0.100. The van der Waals surface area contributed by atoms with Crippen LogP contribution in [0.4, 0.5) is 0 Å². The van der Waals surface area contributed by atoms with E-state index in [9.17, 15) is 4.79 Å². The lowest BCUT2D eigenvalue weighted by Crippen LogP contribution is -2.13. The van der Waals surface area contributed by atoms with Gasteiger partial charge in [-0.2, -0.15) is 4.98 Å². The number of carbonyl (C=O) groups excluding carboxylic acids is 1. The highest BCUT2D eigenvalue weighted by Gasteiger charge is 2.18. The van der Waals surface area contributed by atoms with Crippen LogP contribution in [0, 0.1) is 6.92 Å². The molecule has 1 heterocycles. The van der Waals surface area contributed by atoms with E-state index in [1.807, 2.05) is 6.07 Å². The summed E-state index contributed by atoms with van der Waals surface area (Å²) in [7, 11) is 0. The first-order valence-electron chi connectivity index (χ1n) is 8.11. The zero-order chi connectivity index (χ0) is 18.2. The van der Waals surface area contributed by atoms with Gasteiger partial charge in [-0.15, -0.1) is 0 Å². The van der Waals surface area contributed by atoms with Gasteiger partial charge in [0, 0.05) is 16.7 Å². The Morgan fingerprint density at radius 3 is 2.28 bits per heavy atom. The molecule has 0 unspecified atom stereocenters. The first-order valence-corrected chi connectivity index (χ1v) is 8.11. The van der Waals surface area contributed by atoms with Crippen LogP contribution < -0.4 is 5.73 Å². The SMILES string of the molecule is Cc1ccc(-c2noc(-c3ccc(C(N)=O)cc3)n2)cc1C(C)(C)C. The lowest BCUT2D eigenvalue weighted by Gasteiger charge is -2.22. The molecule has 2 aromatic carbocycles. The number of nitrogens with zero attached hydrogens (tertiary/aromatic N) is 2. The van der Waals surface area contributed by atoms with Crippen LogP contribution in [0.2, 0.25) is 0 Å². The summed E-state index contributed by atoms with van der Waals surface area (Å²) in [5.41, 5.74) is 9.88. The Hall–Kier alpha value is -2.95. The number of amides is 1. The Labute approximate surface area is 146 Å². The molecule has 0 fully saturated rings. The monoisotopic (exact) mass is 335 g/mol. The first-order chi connectivity index (χ1) is 11.8. The van der Waals surface area contributed by atoms with Crippen molar-refractivity contribution >= 4 is 5.91 Å². The Morgan fingerprint density at radius 1 is 1.04 bits per heavy atom. The summed E-state index contributed by atoms with van der Waals surface area (Å²) in [6.45, 7) is 8.65. The molecule has 25 heavy (non-hydrogen) atoms. The molecule has 0 aliphatic rings. The van der Waals surface area contributed by atoms with Gasteiger partial charge in [0.15, 0.2) is 0 Å². The third kappa shape index (κ3) is 3.45. The van der Waals surface area contributed by atoms with Crippen molar-refractivity contribution < 1.29 is 9.32 Å². The van der Waals surface area contributed by atoms with E-state index in [1.165, 1.54) is 11.1 Å². The fourth-order valence-corrected chi connectivity index (χ4v) is 2.80. The molecule has 3 aromatic rings. The number of primary amides is 1. The predicted molar refractivity (Wildman–Crippen MR) is 97.1 cm³/mol. The van der Waals surface area contributed by atoms with E-state index in [0.717, 1.165) is 11.1 Å². The molecular formula is C20H21N3O2. The predicted octanol–water partition coefficient (Wildman–Crippen LogP) is 4.11. The molecule has 0 saturated carbocycles. The standard InChI is InChI=1S/C20H21N3O2/c1-12-5-6-15(11-16(12)20(2,3)4)18-22-19(25-23-18)14-9-7-13(8-10-14)17(21)24/h5-11H,1-4H3,(H2,21,24). The van der Waals surface area contributed by atoms with Crippen molar-refractivity contribution in [3.05, 3.63) is 59.2 Å². The zero-order valence-corrected chi connectivity index (χ0v) is 14.8. The van der Waals surface area contributed by atoms with Gasteiger partial charge in [-0.3, -0.25) is 4.79 Å². The molecule has 0 spiro atoms. The Balaban J connectivity index is 1.95. The molecule has 1 aromatic heterocycles. The van der Waals surface area contributed by atoms with Crippen LogP contribution in [0.1, 0.15) is 42.3 Å². The zero-order valence-electron chi connectivity index (χ0n) is 14.8. The minimum absolute atomic E-state index is 0.0389. The van der Waals surface area contributed by atoms with Gasteiger partial charge in [-0.25, -0.2) is 0 Å². The number of rotatable bonds is 3. The van der Waals surface area contributed by atoms with Crippen LogP contribution in [0.25, 0.3) is 22.8 Å². The van der Waals surface area contributed by atoms with E-state index in [0.29, 0.717) is 17.3 Å². The number of hydrogen-bond acceptors (Lipinski definition) is 4. The van der Waals surface area contributed by atoms with Gasteiger partial charge in [0.05, 0.1) is 0 Å². The smallest absolute Gasteiger partial charge is 0.258 e. The number of hydrogen-bond donors (Lipinski definition) is 1. The molecule has 128 valence electrons. The van der Waals surface area contributed by atoms with Crippen LogP contribution in [0.15, 0.2) is 47.0 Å². The molecule has 5 nitrogen and oxygen atoms in total. The number of nitrogens with two attached hydrogens (primary N) is 1. The fourth-order valence-electron chi connectivity index (χ4n) is 2.80. The molecule has 0 saturated heterocycles. The number of aryl methyl sites for hydroxylation is 1. The molecule has 0 aliphatic carbocycles. The van der Waals surface area contributed by atoms with Crippen molar-refractivity contribution in [2.75, 3.05) is 0 Å². The minimum atomic E-state index is -0.466. The molecule has 5 heteroatoms. The van der Waals surface area contributed by atoms with Crippen molar-refractivity contribution in [3.63, 3.8) is 0 Å². The summed E-state index contributed by atoms with van der Waals surface area (Å²) in [5, 5.41) is 4.10. The average molecular weight is 335 g/mol. The van der Waals surface area contributed by atoms with Crippen molar-refractivity contribution in [1.29, 1.82) is 0 Å². The van der Waals surface area contributed by atoms with E-state index >= 15 is 0 Å². The number of carbonyl (C=O) groups is 1. The van der Waals surface area contributed by atoms with E-state index in [-0.39, 0.29) is 5.41 Å². The second-order valence-corrected chi connectivity index (χ2v) is 7.14. The minimum Gasteiger partial charge on any atom is -0.366 e. The third-order valence-corrected chi connectivity index (χ3v) is 4.15. The second-order valence-electron chi connectivity index (χ2n) is 7.14. The first kappa shape index (κ1) is 16.9. The fraction of sp³-hybridized carbons (Fsp3) is 0.250. The Morgan fingerprint density at radius 2 is 1.68 bits per heavy atom. The Bertz CT molecular complexity index is 919. The molecular weight excluding hydrogens is 314 g/mol. The Kier molecular flexibility index (Phi) is 4.17. The van der Waals surface area contributed by atoms with Crippen LogP contribution in [-0.4, -0.2) is 16.0 Å². The summed E-state index contributed by atoms with van der Waals surface area (Å²) in [6.07, 6.45) is 0. The van der Waals surface area contributed by atoms with Crippen molar-refractivity contribution in [2.45, 2.75) is 33.1 Å². The number of benzene rings is 2. The lowest BCUT2D eigenvalue weighted by atomic mass is 9.83. The van der Waals surface area contributed by atoms with Gasteiger partial charge in [0.1, 0.15) is 0 Å². The maximum absolute atomic E-state index is 11.1. The maximum atomic E-state index is 11.1. The molecule has 3 rings (SSSR count). The third-order valence-electron chi connectivity index (χ3n) is 4.15. The molecule has 0 radical (unpaired) electrons. The summed E-state index contributed by atoms with van der Waals surface area (Å²) in [5.74, 6) is 0.482. The molecule has 0 atom stereocenters. The largest absolute Gasteiger partial charge is 0.366 e. The van der Waals surface area contributed by atoms with Gasteiger partial charge in [0.25, 0.3) is 5.89 Å². The molecule has 0 aliphatic heterocycles. The van der Waals surface area contributed by atoms with E-state index in [2.05, 4.69) is 50.0 Å². The summed E-state index contributed by atoms with van der Waals surface area (Å²) in [6, 6.07) is 13.0. The summed E-state index contributed by atoms with van der Waals surface area (Å²) in [4.78, 5) is 15.6. The van der Waals surface area contributed by atoms with Crippen molar-refractivity contribution in [1.82, 2.24) is 10.1 Å². The van der Waals surface area contributed by atoms with E-state index in [4.69, 9.17) is 10.3 Å². The average Bonchev–Trinajstić information content (AvgIpc) is 3.04. The normalized spacial score (nSPS) is 11.5. The molecule has 0 bridgehead atoms. The van der Waals surface area contributed by atoms with Gasteiger partial charge in [0.2, 0.25) is 11.7 Å². The highest BCUT2D eigenvalue weighted by Crippen LogP contribution is 2.30.